The van der Waals surface area contributed by atoms with Crippen molar-refractivity contribution < 1.29 is 22.1 Å². The Hall–Kier alpha value is -1.80. The number of hydrogen-bond donors (Lipinski definition) is 0. The average Bonchev–Trinajstić information content (AvgIpc) is 3.13. The van der Waals surface area contributed by atoms with Crippen LogP contribution in [0.1, 0.15) is 17.9 Å². The van der Waals surface area contributed by atoms with Crippen molar-refractivity contribution in [3.8, 4) is 11.4 Å². The summed E-state index contributed by atoms with van der Waals surface area (Å²) in [5.74, 6) is -0.427. The molecule has 1 aromatic heterocycles. The van der Waals surface area contributed by atoms with Crippen LogP contribution in [-0.4, -0.2) is 37.5 Å². The van der Waals surface area contributed by atoms with Crippen LogP contribution in [0.3, 0.4) is 0 Å². The number of aromatic nitrogens is 2. The predicted molar refractivity (Wildman–Crippen MR) is 80.8 cm³/mol. The fourth-order valence-electron chi connectivity index (χ4n) is 2.48. The monoisotopic (exact) mass is 340 g/mol. The summed E-state index contributed by atoms with van der Waals surface area (Å²) in [5, 5.41) is 3.73. The van der Waals surface area contributed by atoms with Gasteiger partial charge in [0.05, 0.1) is 12.4 Å². The van der Waals surface area contributed by atoms with E-state index in [1.165, 1.54) is 6.07 Å². The second kappa shape index (κ2) is 6.37. The maximum atomic E-state index is 13.6. The summed E-state index contributed by atoms with van der Waals surface area (Å²) >= 11 is 0. The summed E-state index contributed by atoms with van der Waals surface area (Å²) in [7, 11) is -3.35. The van der Waals surface area contributed by atoms with Crippen LogP contribution in [0.4, 0.5) is 4.39 Å². The number of halogens is 1. The molecule has 1 saturated heterocycles. The van der Waals surface area contributed by atoms with Crippen molar-refractivity contribution in [2.75, 3.05) is 19.0 Å². The molecule has 0 radical (unpaired) electrons. The van der Waals surface area contributed by atoms with Gasteiger partial charge in [-0.05, 0) is 30.9 Å². The van der Waals surface area contributed by atoms with Crippen LogP contribution >= 0.6 is 0 Å². The van der Waals surface area contributed by atoms with Gasteiger partial charge in [-0.25, -0.2) is 12.8 Å². The molecule has 8 heteroatoms. The van der Waals surface area contributed by atoms with Crippen LogP contribution in [0.15, 0.2) is 22.7 Å². The second-order valence-electron chi connectivity index (χ2n) is 5.76. The van der Waals surface area contributed by atoms with E-state index in [0.717, 1.165) is 6.42 Å². The Morgan fingerprint density at radius 2 is 2.22 bits per heavy atom. The van der Waals surface area contributed by atoms with Gasteiger partial charge in [0.25, 0.3) is 0 Å². The number of sulfone groups is 1. The molecular formula is C15H17FN2O4S. The van der Waals surface area contributed by atoms with Gasteiger partial charge in [0.2, 0.25) is 11.7 Å². The highest BCUT2D eigenvalue weighted by Gasteiger charge is 2.25. The minimum absolute atomic E-state index is 0.0138. The van der Waals surface area contributed by atoms with Crippen LogP contribution in [0, 0.1) is 18.7 Å². The molecule has 1 aromatic carbocycles. The third kappa shape index (κ3) is 3.94. The first-order valence-corrected chi connectivity index (χ1v) is 9.12. The third-order valence-electron chi connectivity index (χ3n) is 3.76. The molecule has 124 valence electrons. The van der Waals surface area contributed by atoms with Crippen LogP contribution in [0.2, 0.25) is 0 Å². The van der Waals surface area contributed by atoms with E-state index in [0.29, 0.717) is 24.3 Å². The Kier molecular flexibility index (Phi) is 4.45. The van der Waals surface area contributed by atoms with Crippen molar-refractivity contribution in [1.82, 2.24) is 10.1 Å². The van der Waals surface area contributed by atoms with Gasteiger partial charge < -0.3 is 9.26 Å². The molecule has 0 amide bonds. The molecule has 1 aliphatic rings. The number of aryl methyl sites for hydroxylation is 1. The Bertz CT molecular complexity index is 798. The van der Waals surface area contributed by atoms with Gasteiger partial charge in [-0.2, -0.15) is 4.98 Å². The Morgan fingerprint density at radius 1 is 1.39 bits per heavy atom. The summed E-state index contributed by atoms with van der Waals surface area (Å²) in [6, 6.07) is 4.57. The molecule has 6 nitrogen and oxygen atoms in total. The lowest BCUT2D eigenvalue weighted by molar-refractivity contribution is 0.188. The molecule has 0 N–H and O–H groups in total. The van der Waals surface area contributed by atoms with Gasteiger partial charge in [0.15, 0.2) is 9.84 Å². The standard InChI is InChI=1S/C15H17FN2O4S/c1-10-2-3-12(6-13(10)16)15-17-14(22-18-15)9-23(19,20)8-11-4-5-21-7-11/h2-3,6,11H,4-5,7-9H2,1H3/t11-/m1/s1. The lowest BCUT2D eigenvalue weighted by Crippen LogP contribution is -2.18. The molecule has 2 heterocycles. The maximum absolute atomic E-state index is 13.6. The highest BCUT2D eigenvalue weighted by Crippen LogP contribution is 2.21. The molecular weight excluding hydrogens is 323 g/mol. The first kappa shape index (κ1) is 16.1. The number of ether oxygens (including phenoxy) is 1. The first-order chi connectivity index (χ1) is 10.9. The minimum atomic E-state index is -3.35. The van der Waals surface area contributed by atoms with E-state index < -0.39 is 9.84 Å². The fraction of sp³-hybridized carbons (Fsp3) is 0.467. The molecule has 1 aliphatic heterocycles. The average molecular weight is 340 g/mol. The molecule has 1 atom stereocenters. The molecule has 0 bridgehead atoms. The van der Waals surface area contributed by atoms with Crippen molar-refractivity contribution in [2.45, 2.75) is 19.1 Å². The van der Waals surface area contributed by atoms with E-state index >= 15 is 0 Å². The van der Waals surface area contributed by atoms with Crippen LogP contribution in [0.5, 0.6) is 0 Å². The number of benzene rings is 1. The smallest absolute Gasteiger partial charge is 0.242 e. The summed E-state index contributed by atoms with van der Waals surface area (Å²) in [5.41, 5.74) is 0.962. The van der Waals surface area contributed by atoms with Gasteiger partial charge in [0, 0.05) is 12.2 Å². The summed E-state index contributed by atoms with van der Waals surface area (Å²) in [6.07, 6.45) is 0.747. The zero-order chi connectivity index (χ0) is 16.4. The normalized spacial score (nSPS) is 18.4. The van der Waals surface area contributed by atoms with Gasteiger partial charge in [-0.3, -0.25) is 0 Å². The van der Waals surface area contributed by atoms with Gasteiger partial charge in [0.1, 0.15) is 11.6 Å². The quantitative estimate of drug-likeness (QED) is 0.829. The van der Waals surface area contributed by atoms with E-state index in [1.54, 1.807) is 19.1 Å². The third-order valence-corrected chi connectivity index (χ3v) is 5.42. The fourth-order valence-corrected chi connectivity index (χ4v) is 4.08. The van der Waals surface area contributed by atoms with E-state index in [2.05, 4.69) is 10.1 Å². The Balaban J connectivity index is 1.72. The number of nitrogens with zero attached hydrogens (tertiary/aromatic N) is 2. The lowest BCUT2D eigenvalue weighted by atomic mass is 10.1. The zero-order valence-corrected chi connectivity index (χ0v) is 13.5. The van der Waals surface area contributed by atoms with Crippen LogP contribution in [0.25, 0.3) is 11.4 Å². The molecule has 0 saturated carbocycles. The van der Waals surface area contributed by atoms with Crippen molar-refractivity contribution in [1.29, 1.82) is 0 Å². The van der Waals surface area contributed by atoms with Crippen molar-refractivity contribution in [2.24, 2.45) is 5.92 Å². The largest absolute Gasteiger partial charge is 0.381 e. The molecule has 3 rings (SSSR count). The van der Waals surface area contributed by atoms with Gasteiger partial charge in [-0.1, -0.05) is 17.3 Å². The minimum Gasteiger partial charge on any atom is -0.381 e. The number of hydrogen-bond acceptors (Lipinski definition) is 6. The molecule has 0 spiro atoms. The highest BCUT2D eigenvalue weighted by atomic mass is 32.2. The van der Waals surface area contributed by atoms with Crippen molar-refractivity contribution >= 4 is 9.84 Å². The molecule has 1 fully saturated rings. The van der Waals surface area contributed by atoms with E-state index in [-0.39, 0.29) is 35.0 Å². The van der Waals surface area contributed by atoms with E-state index in [1.807, 2.05) is 0 Å². The van der Waals surface area contributed by atoms with Crippen molar-refractivity contribution in [3.05, 3.63) is 35.5 Å². The number of rotatable bonds is 5. The van der Waals surface area contributed by atoms with Crippen LogP contribution in [-0.2, 0) is 20.3 Å². The Morgan fingerprint density at radius 3 is 2.91 bits per heavy atom. The molecule has 0 aliphatic carbocycles. The summed E-state index contributed by atoms with van der Waals surface area (Å²) < 4.78 is 48.1. The van der Waals surface area contributed by atoms with Gasteiger partial charge in [-0.15, -0.1) is 0 Å². The Labute approximate surface area is 133 Å². The van der Waals surface area contributed by atoms with E-state index in [9.17, 15) is 12.8 Å². The summed E-state index contributed by atoms with van der Waals surface area (Å²) in [4.78, 5) is 4.06. The van der Waals surface area contributed by atoms with Crippen LogP contribution < -0.4 is 0 Å². The van der Waals surface area contributed by atoms with E-state index in [4.69, 9.17) is 9.26 Å². The SMILES string of the molecule is Cc1ccc(-c2noc(CS(=O)(=O)C[C@@H]3CCOC3)n2)cc1F. The highest BCUT2D eigenvalue weighted by molar-refractivity contribution is 7.90. The van der Waals surface area contributed by atoms with Gasteiger partial charge >= 0.3 is 0 Å². The molecule has 0 unspecified atom stereocenters. The second-order valence-corrected chi connectivity index (χ2v) is 7.87. The predicted octanol–water partition coefficient (Wildman–Crippen LogP) is 2.14. The first-order valence-electron chi connectivity index (χ1n) is 7.30. The lowest BCUT2D eigenvalue weighted by Gasteiger charge is -2.06. The molecule has 2 aromatic rings. The van der Waals surface area contributed by atoms with Crippen molar-refractivity contribution in [3.63, 3.8) is 0 Å². The maximum Gasteiger partial charge on any atom is 0.242 e. The summed E-state index contributed by atoms with van der Waals surface area (Å²) in [6.45, 7) is 2.72. The zero-order valence-electron chi connectivity index (χ0n) is 12.7. The topological polar surface area (TPSA) is 82.3 Å². The molecule has 23 heavy (non-hydrogen) atoms.